The molecule has 1 aromatic carbocycles. The molecule has 7 heteroatoms. The van der Waals surface area contributed by atoms with Gasteiger partial charge in [0.15, 0.2) is 0 Å². The van der Waals surface area contributed by atoms with E-state index in [2.05, 4.69) is 10.4 Å². The van der Waals surface area contributed by atoms with Gasteiger partial charge in [-0.05, 0) is 19.7 Å². The summed E-state index contributed by atoms with van der Waals surface area (Å²) in [7, 11) is 3.78. The summed E-state index contributed by atoms with van der Waals surface area (Å²) in [5.41, 5.74) is 1.45. The van der Waals surface area contributed by atoms with Crippen molar-refractivity contribution in [1.82, 2.24) is 14.7 Å². The zero-order valence-corrected chi connectivity index (χ0v) is 13.3. The molecular formula is C16H22N4O3. The number of amides is 1. The molecule has 1 aromatic heterocycles. The second-order valence-electron chi connectivity index (χ2n) is 5.55. The largest absolute Gasteiger partial charge is 0.444 e. The van der Waals surface area contributed by atoms with E-state index in [0.29, 0.717) is 18.8 Å². The average Bonchev–Trinajstić information content (AvgIpc) is 2.92. The Bertz CT molecular complexity index is 613. The van der Waals surface area contributed by atoms with Crippen LogP contribution in [0.5, 0.6) is 0 Å². The number of aromatic nitrogens is 2. The molecule has 0 spiro atoms. The Morgan fingerprint density at radius 3 is 2.83 bits per heavy atom. The highest BCUT2D eigenvalue weighted by molar-refractivity contribution is 5.84. The second kappa shape index (κ2) is 8.30. The average molecular weight is 318 g/mol. The van der Waals surface area contributed by atoms with Crippen LogP contribution in [0.4, 0.5) is 10.5 Å². The summed E-state index contributed by atoms with van der Waals surface area (Å²) in [6, 6.07) is 9.46. The number of aliphatic hydroxyl groups excluding tert-OH is 1. The van der Waals surface area contributed by atoms with Gasteiger partial charge in [-0.2, -0.15) is 5.10 Å². The van der Waals surface area contributed by atoms with Crippen LogP contribution >= 0.6 is 0 Å². The molecule has 0 fully saturated rings. The maximum atomic E-state index is 11.7. The van der Waals surface area contributed by atoms with Gasteiger partial charge in [-0.1, -0.05) is 30.3 Å². The molecule has 0 bridgehead atoms. The highest BCUT2D eigenvalue weighted by Gasteiger charge is 2.09. The summed E-state index contributed by atoms with van der Waals surface area (Å²) in [5, 5.41) is 16.6. The zero-order valence-electron chi connectivity index (χ0n) is 13.3. The summed E-state index contributed by atoms with van der Waals surface area (Å²) < 4.78 is 6.72. The topological polar surface area (TPSA) is 79.6 Å². The van der Waals surface area contributed by atoms with Crippen LogP contribution in [0.15, 0.2) is 42.7 Å². The van der Waals surface area contributed by atoms with Crippen LogP contribution in [0, 0.1) is 0 Å². The van der Waals surface area contributed by atoms with Gasteiger partial charge in [0.05, 0.1) is 24.5 Å². The standard InChI is InChI=1S/C16H22N4O3/c1-19(2)10-15(21)11-20-9-14(8-17-20)18-16(22)23-12-13-6-4-3-5-7-13/h3-9,15,21H,10-12H2,1-2H3,(H,18,22). The number of carbonyl (C=O) groups is 1. The van der Waals surface area contributed by atoms with Gasteiger partial charge in [0.1, 0.15) is 6.61 Å². The fraction of sp³-hybridized carbons (Fsp3) is 0.375. The molecule has 23 heavy (non-hydrogen) atoms. The Morgan fingerprint density at radius 2 is 2.13 bits per heavy atom. The van der Waals surface area contributed by atoms with Crippen molar-refractivity contribution in [3.8, 4) is 0 Å². The third-order valence-corrected chi connectivity index (χ3v) is 3.07. The van der Waals surface area contributed by atoms with Crippen LogP contribution in [-0.4, -0.2) is 52.6 Å². The van der Waals surface area contributed by atoms with Gasteiger partial charge in [0.2, 0.25) is 0 Å². The van der Waals surface area contributed by atoms with Crippen molar-refractivity contribution < 1.29 is 14.6 Å². The predicted octanol–water partition coefficient (Wildman–Crippen LogP) is 1.55. The number of rotatable bonds is 7. The SMILES string of the molecule is CN(C)CC(O)Cn1cc(NC(=O)OCc2ccccc2)cn1. The molecule has 0 saturated heterocycles. The predicted molar refractivity (Wildman–Crippen MR) is 87.0 cm³/mol. The van der Waals surface area contributed by atoms with Crippen LogP contribution in [0.3, 0.4) is 0 Å². The van der Waals surface area contributed by atoms with E-state index in [4.69, 9.17) is 4.74 Å². The summed E-state index contributed by atoms with van der Waals surface area (Å²) in [6.45, 7) is 1.11. The van der Waals surface area contributed by atoms with Crippen LogP contribution < -0.4 is 5.32 Å². The minimum atomic E-state index is -0.540. The molecule has 0 aliphatic heterocycles. The molecule has 0 radical (unpaired) electrons. The number of hydrogen-bond donors (Lipinski definition) is 2. The van der Waals surface area contributed by atoms with Crippen molar-refractivity contribution in [3.05, 3.63) is 48.3 Å². The highest BCUT2D eigenvalue weighted by Crippen LogP contribution is 2.07. The molecule has 1 atom stereocenters. The number of benzene rings is 1. The fourth-order valence-corrected chi connectivity index (χ4v) is 2.10. The Labute approximate surface area is 135 Å². The molecule has 1 unspecified atom stereocenters. The highest BCUT2D eigenvalue weighted by atomic mass is 16.5. The molecule has 1 amide bonds. The van der Waals surface area contributed by atoms with Crippen LogP contribution in [0.1, 0.15) is 5.56 Å². The second-order valence-corrected chi connectivity index (χ2v) is 5.55. The maximum absolute atomic E-state index is 11.7. The van der Waals surface area contributed by atoms with E-state index in [0.717, 1.165) is 5.56 Å². The smallest absolute Gasteiger partial charge is 0.412 e. The van der Waals surface area contributed by atoms with E-state index in [-0.39, 0.29) is 6.61 Å². The number of nitrogens with one attached hydrogen (secondary N) is 1. The summed E-state index contributed by atoms with van der Waals surface area (Å²) in [4.78, 5) is 13.6. The van der Waals surface area contributed by atoms with E-state index in [9.17, 15) is 9.90 Å². The Kier molecular flexibility index (Phi) is 6.13. The first-order valence-electron chi connectivity index (χ1n) is 7.36. The number of aliphatic hydroxyl groups is 1. The normalized spacial score (nSPS) is 12.2. The number of carbonyl (C=O) groups excluding carboxylic acids is 1. The van der Waals surface area contributed by atoms with Gasteiger partial charge >= 0.3 is 6.09 Å². The number of hydrogen-bond acceptors (Lipinski definition) is 5. The Balaban J connectivity index is 1.78. The molecule has 1 heterocycles. The zero-order chi connectivity index (χ0) is 16.7. The van der Waals surface area contributed by atoms with Crippen LogP contribution in [0.2, 0.25) is 0 Å². The van der Waals surface area contributed by atoms with Crippen molar-refractivity contribution in [2.45, 2.75) is 19.3 Å². The number of nitrogens with zero attached hydrogens (tertiary/aromatic N) is 3. The van der Waals surface area contributed by atoms with Crippen molar-refractivity contribution in [2.75, 3.05) is 26.0 Å². The number of likely N-dealkylation sites (N-methyl/N-ethyl adjacent to an activating group) is 1. The monoisotopic (exact) mass is 318 g/mol. The minimum Gasteiger partial charge on any atom is -0.444 e. The van der Waals surface area contributed by atoms with Crippen molar-refractivity contribution in [3.63, 3.8) is 0 Å². The van der Waals surface area contributed by atoms with E-state index < -0.39 is 12.2 Å². The van der Waals surface area contributed by atoms with Gasteiger partial charge in [-0.15, -0.1) is 0 Å². The lowest BCUT2D eigenvalue weighted by atomic mass is 10.2. The van der Waals surface area contributed by atoms with Gasteiger partial charge in [-0.3, -0.25) is 10.00 Å². The molecule has 2 rings (SSSR count). The Hall–Kier alpha value is -2.38. The van der Waals surface area contributed by atoms with Gasteiger partial charge in [0, 0.05) is 12.7 Å². The molecule has 0 saturated carbocycles. The van der Waals surface area contributed by atoms with Crippen LogP contribution in [-0.2, 0) is 17.9 Å². The number of anilines is 1. The van der Waals surface area contributed by atoms with Gasteiger partial charge < -0.3 is 14.7 Å². The van der Waals surface area contributed by atoms with Gasteiger partial charge in [0.25, 0.3) is 0 Å². The molecular weight excluding hydrogens is 296 g/mol. The molecule has 124 valence electrons. The Morgan fingerprint density at radius 1 is 1.39 bits per heavy atom. The summed E-state index contributed by atoms with van der Waals surface area (Å²) in [6.07, 6.45) is 2.11. The first-order chi connectivity index (χ1) is 11.0. The van der Waals surface area contributed by atoms with Crippen molar-refractivity contribution in [2.24, 2.45) is 0 Å². The van der Waals surface area contributed by atoms with E-state index >= 15 is 0 Å². The fourth-order valence-electron chi connectivity index (χ4n) is 2.10. The summed E-state index contributed by atoms with van der Waals surface area (Å²) >= 11 is 0. The third-order valence-electron chi connectivity index (χ3n) is 3.07. The van der Waals surface area contributed by atoms with E-state index in [1.807, 2.05) is 49.3 Å². The van der Waals surface area contributed by atoms with Gasteiger partial charge in [-0.25, -0.2) is 4.79 Å². The lowest BCUT2D eigenvalue weighted by molar-refractivity contribution is 0.116. The van der Waals surface area contributed by atoms with E-state index in [1.54, 1.807) is 10.9 Å². The van der Waals surface area contributed by atoms with Crippen molar-refractivity contribution >= 4 is 11.8 Å². The molecule has 0 aliphatic carbocycles. The lowest BCUT2D eigenvalue weighted by Gasteiger charge is -2.15. The lowest BCUT2D eigenvalue weighted by Crippen LogP contribution is -2.29. The molecule has 2 aromatic rings. The molecule has 0 aliphatic rings. The molecule has 2 N–H and O–H groups in total. The first-order valence-corrected chi connectivity index (χ1v) is 7.36. The summed E-state index contributed by atoms with van der Waals surface area (Å²) in [5.74, 6) is 0. The van der Waals surface area contributed by atoms with E-state index in [1.165, 1.54) is 6.20 Å². The first kappa shape index (κ1) is 17.0. The number of ether oxygens (including phenoxy) is 1. The third kappa shape index (κ3) is 6.09. The van der Waals surface area contributed by atoms with Crippen LogP contribution in [0.25, 0.3) is 0 Å². The van der Waals surface area contributed by atoms with Crippen molar-refractivity contribution in [1.29, 1.82) is 0 Å². The maximum Gasteiger partial charge on any atom is 0.412 e. The molecule has 7 nitrogen and oxygen atoms in total. The quantitative estimate of drug-likeness (QED) is 0.810. The minimum absolute atomic E-state index is 0.211.